The maximum absolute atomic E-state index is 11.9. The monoisotopic (exact) mass is 366 g/mol. The van der Waals surface area contributed by atoms with Crippen LogP contribution in [0.3, 0.4) is 0 Å². The Kier molecular flexibility index (Phi) is 9.95. The standard InChI is InChI=1S/C12H22N4O7S/c1-5(18)9(16-10(20)6(13)4-24)11(21)14-2-8(19)15-7(3-17)12(22)23/h5-7,9,17-18,24H,2-4,13H2,1H3,(H,14,21)(H,15,19)(H,16,20)(H,22,23). The zero-order chi connectivity index (χ0) is 18.9. The number of carbonyl (C=O) groups excluding carboxylic acids is 3. The van der Waals surface area contributed by atoms with E-state index in [1.165, 1.54) is 6.92 Å². The molecule has 0 aliphatic rings. The van der Waals surface area contributed by atoms with E-state index in [0.29, 0.717) is 0 Å². The van der Waals surface area contributed by atoms with Crippen molar-refractivity contribution in [2.24, 2.45) is 5.73 Å². The fourth-order valence-corrected chi connectivity index (χ4v) is 1.62. The quantitative estimate of drug-likeness (QED) is 0.178. The highest BCUT2D eigenvalue weighted by Gasteiger charge is 2.28. The first-order chi connectivity index (χ1) is 11.1. The first-order valence-corrected chi connectivity index (χ1v) is 7.52. The van der Waals surface area contributed by atoms with E-state index < -0.39 is 61.1 Å². The van der Waals surface area contributed by atoms with Crippen molar-refractivity contribution < 1.29 is 34.5 Å². The summed E-state index contributed by atoms with van der Waals surface area (Å²) in [7, 11) is 0. The van der Waals surface area contributed by atoms with Gasteiger partial charge in [0, 0.05) is 5.75 Å². The van der Waals surface area contributed by atoms with E-state index in [-0.39, 0.29) is 5.75 Å². The van der Waals surface area contributed by atoms with Crippen LogP contribution in [0.1, 0.15) is 6.92 Å². The lowest BCUT2D eigenvalue weighted by molar-refractivity contribution is -0.142. The van der Waals surface area contributed by atoms with E-state index in [0.717, 1.165) is 0 Å². The number of aliphatic hydroxyl groups excluding tert-OH is 2. The number of carboxylic acid groups (broad SMARTS) is 1. The molecule has 0 saturated carbocycles. The summed E-state index contributed by atoms with van der Waals surface area (Å²) in [5.41, 5.74) is 5.44. The number of hydrogen-bond donors (Lipinski definition) is 8. The van der Waals surface area contributed by atoms with Gasteiger partial charge >= 0.3 is 5.97 Å². The highest BCUT2D eigenvalue weighted by molar-refractivity contribution is 7.80. The molecule has 4 unspecified atom stereocenters. The molecule has 0 radical (unpaired) electrons. The molecule has 0 aromatic carbocycles. The van der Waals surface area contributed by atoms with Crippen molar-refractivity contribution in [1.82, 2.24) is 16.0 Å². The molecule has 0 fully saturated rings. The molecule has 0 aliphatic carbocycles. The predicted octanol–water partition coefficient (Wildman–Crippen LogP) is -4.21. The number of hydrogen-bond acceptors (Lipinski definition) is 8. The van der Waals surface area contributed by atoms with E-state index in [9.17, 15) is 24.3 Å². The third kappa shape index (κ3) is 7.59. The van der Waals surface area contributed by atoms with Gasteiger partial charge in [0.15, 0.2) is 0 Å². The van der Waals surface area contributed by atoms with Gasteiger partial charge < -0.3 is 37.0 Å². The van der Waals surface area contributed by atoms with Crippen molar-refractivity contribution in [3.63, 3.8) is 0 Å². The molecule has 0 bridgehead atoms. The molecule has 3 amide bonds. The van der Waals surface area contributed by atoms with Crippen LogP contribution in [0.2, 0.25) is 0 Å². The Balaban J connectivity index is 4.60. The van der Waals surface area contributed by atoms with Gasteiger partial charge in [-0.3, -0.25) is 14.4 Å². The second-order valence-corrected chi connectivity index (χ2v) is 5.24. The van der Waals surface area contributed by atoms with E-state index in [2.05, 4.69) is 23.3 Å². The number of thiol groups is 1. The Hall–Kier alpha value is -1.89. The fourth-order valence-electron chi connectivity index (χ4n) is 1.46. The molecule has 0 aromatic rings. The molecule has 0 saturated heterocycles. The highest BCUT2D eigenvalue weighted by Crippen LogP contribution is 1.95. The molecular weight excluding hydrogens is 344 g/mol. The minimum atomic E-state index is -1.50. The summed E-state index contributed by atoms with van der Waals surface area (Å²) in [5.74, 6) is -3.85. The van der Waals surface area contributed by atoms with E-state index >= 15 is 0 Å². The maximum Gasteiger partial charge on any atom is 0.328 e. The Labute approximate surface area is 143 Å². The molecule has 0 spiro atoms. The van der Waals surface area contributed by atoms with Crippen LogP contribution >= 0.6 is 12.6 Å². The lowest BCUT2D eigenvalue weighted by atomic mass is 10.1. The number of carboxylic acids is 1. The van der Waals surface area contributed by atoms with Crippen LogP contribution in [0, 0.1) is 0 Å². The van der Waals surface area contributed by atoms with Crippen LogP contribution in [0.15, 0.2) is 0 Å². The number of nitrogens with two attached hydrogens (primary N) is 1. The zero-order valence-electron chi connectivity index (χ0n) is 12.9. The minimum absolute atomic E-state index is 0.0279. The number of aliphatic carboxylic acids is 1. The predicted molar refractivity (Wildman–Crippen MR) is 85.1 cm³/mol. The SMILES string of the molecule is CC(O)C(NC(=O)C(N)CS)C(=O)NCC(=O)NC(CO)C(=O)O. The number of nitrogens with one attached hydrogen (secondary N) is 3. The molecule has 0 heterocycles. The summed E-state index contributed by atoms with van der Waals surface area (Å²) in [6.07, 6.45) is -1.27. The Morgan fingerprint density at radius 3 is 2.17 bits per heavy atom. The molecule has 12 heteroatoms. The van der Waals surface area contributed by atoms with Gasteiger partial charge in [0.25, 0.3) is 0 Å². The highest BCUT2D eigenvalue weighted by atomic mass is 32.1. The van der Waals surface area contributed by atoms with Crippen LogP contribution in [0.4, 0.5) is 0 Å². The maximum atomic E-state index is 11.9. The average Bonchev–Trinajstić information content (AvgIpc) is 2.53. The van der Waals surface area contributed by atoms with Crippen LogP contribution in [0.25, 0.3) is 0 Å². The summed E-state index contributed by atoms with van der Waals surface area (Å²) in [6.45, 7) is -0.174. The topological polar surface area (TPSA) is 191 Å². The lowest BCUT2D eigenvalue weighted by Crippen LogP contribution is -2.57. The van der Waals surface area contributed by atoms with E-state index in [4.69, 9.17) is 15.9 Å². The molecule has 24 heavy (non-hydrogen) atoms. The summed E-state index contributed by atoms with van der Waals surface area (Å²) < 4.78 is 0. The first kappa shape index (κ1) is 22.1. The Morgan fingerprint density at radius 2 is 1.75 bits per heavy atom. The van der Waals surface area contributed by atoms with Crippen molar-refractivity contribution in [2.75, 3.05) is 18.9 Å². The summed E-state index contributed by atoms with van der Waals surface area (Å²) >= 11 is 3.84. The zero-order valence-corrected chi connectivity index (χ0v) is 13.8. The van der Waals surface area contributed by atoms with Crippen molar-refractivity contribution in [2.45, 2.75) is 31.2 Å². The molecule has 8 N–H and O–H groups in total. The molecule has 0 rings (SSSR count). The third-order valence-corrected chi connectivity index (χ3v) is 3.23. The van der Waals surface area contributed by atoms with Crippen molar-refractivity contribution in [3.8, 4) is 0 Å². The van der Waals surface area contributed by atoms with Gasteiger partial charge in [-0.1, -0.05) is 0 Å². The minimum Gasteiger partial charge on any atom is -0.480 e. The van der Waals surface area contributed by atoms with Crippen LogP contribution in [-0.2, 0) is 19.2 Å². The summed E-state index contributed by atoms with van der Waals surface area (Å²) in [5, 5.41) is 33.3. The molecule has 4 atom stereocenters. The Morgan fingerprint density at radius 1 is 1.17 bits per heavy atom. The Bertz CT molecular complexity index is 474. The van der Waals surface area contributed by atoms with Gasteiger partial charge in [-0.05, 0) is 6.92 Å². The number of amides is 3. The van der Waals surface area contributed by atoms with Gasteiger partial charge in [0.1, 0.15) is 12.1 Å². The third-order valence-electron chi connectivity index (χ3n) is 2.84. The first-order valence-electron chi connectivity index (χ1n) is 6.89. The van der Waals surface area contributed by atoms with Gasteiger partial charge in [-0.2, -0.15) is 12.6 Å². The van der Waals surface area contributed by atoms with Gasteiger partial charge in [0.05, 0.1) is 25.3 Å². The molecule has 0 aliphatic heterocycles. The smallest absolute Gasteiger partial charge is 0.328 e. The number of rotatable bonds is 10. The molecule has 0 aromatic heterocycles. The van der Waals surface area contributed by atoms with E-state index in [1.54, 1.807) is 0 Å². The van der Waals surface area contributed by atoms with Crippen LogP contribution in [-0.4, -0.2) is 82.1 Å². The van der Waals surface area contributed by atoms with Crippen molar-refractivity contribution in [3.05, 3.63) is 0 Å². The van der Waals surface area contributed by atoms with E-state index in [1.807, 2.05) is 5.32 Å². The molecule has 138 valence electrons. The van der Waals surface area contributed by atoms with Crippen LogP contribution in [0.5, 0.6) is 0 Å². The van der Waals surface area contributed by atoms with Crippen molar-refractivity contribution >= 4 is 36.3 Å². The lowest BCUT2D eigenvalue weighted by Gasteiger charge is -2.22. The normalized spacial score (nSPS) is 15.5. The van der Waals surface area contributed by atoms with Crippen molar-refractivity contribution in [1.29, 1.82) is 0 Å². The average molecular weight is 366 g/mol. The largest absolute Gasteiger partial charge is 0.480 e. The molecular formula is C12H22N4O7S. The summed E-state index contributed by atoms with van der Waals surface area (Å²) in [6, 6.07) is -3.84. The second-order valence-electron chi connectivity index (χ2n) is 4.87. The van der Waals surface area contributed by atoms with Gasteiger partial charge in [-0.25, -0.2) is 4.79 Å². The summed E-state index contributed by atoms with van der Waals surface area (Å²) in [4.78, 5) is 45.7. The van der Waals surface area contributed by atoms with Crippen LogP contribution < -0.4 is 21.7 Å². The number of carbonyl (C=O) groups is 4. The number of aliphatic hydroxyl groups is 2. The van der Waals surface area contributed by atoms with Gasteiger partial charge in [-0.15, -0.1) is 0 Å². The van der Waals surface area contributed by atoms with Gasteiger partial charge in [0.2, 0.25) is 17.7 Å². The molecule has 11 nitrogen and oxygen atoms in total. The second kappa shape index (κ2) is 10.8. The fraction of sp³-hybridized carbons (Fsp3) is 0.667.